The Kier molecular flexibility index (Phi) is 8.03. The van der Waals surface area contributed by atoms with Crippen molar-refractivity contribution in [1.29, 1.82) is 0 Å². The van der Waals surface area contributed by atoms with Crippen molar-refractivity contribution in [3.8, 4) is 17.0 Å². The Morgan fingerprint density at radius 1 is 1.03 bits per heavy atom. The molecule has 32 heavy (non-hydrogen) atoms. The standard InChI is InChI=1S/C24H33N5O3/c1-5-23(30)29(16-18(2)3)17-24(31)28-14-12-27(13-15-28)22-11-10-21(25-26-22)19-6-8-20(32-4)9-7-19/h6-11,18H,5,12-17H2,1-4H3. The minimum atomic E-state index is 0.00744. The molecule has 8 nitrogen and oxygen atoms in total. The molecular weight excluding hydrogens is 406 g/mol. The Morgan fingerprint density at radius 3 is 2.25 bits per heavy atom. The van der Waals surface area contributed by atoms with Crippen LogP contribution in [0.5, 0.6) is 5.75 Å². The van der Waals surface area contributed by atoms with E-state index in [2.05, 4.69) is 28.9 Å². The van der Waals surface area contributed by atoms with Crippen LogP contribution < -0.4 is 9.64 Å². The molecule has 2 aromatic rings. The number of aromatic nitrogens is 2. The highest BCUT2D eigenvalue weighted by molar-refractivity contribution is 5.85. The summed E-state index contributed by atoms with van der Waals surface area (Å²) >= 11 is 0. The first-order valence-corrected chi connectivity index (χ1v) is 11.2. The van der Waals surface area contributed by atoms with E-state index >= 15 is 0 Å². The number of carbonyl (C=O) groups is 2. The average Bonchev–Trinajstić information content (AvgIpc) is 2.83. The van der Waals surface area contributed by atoms with Gasteiger partial charge in [0.15, 0.2) is 5.82 Å². The number of ether oxygens (including phenoxy) is 1. The molecule has 0 aliphatic carbocycles. The monoisotopic (exact) mass is 439 g/mol. The summed E-state index contributed by atoms with van der Waals surface area (Å²) in [5, 5.41) is 8.77. The second-order valence-electron chi connectivity index (χ2n) is 8.39. The van der Waals surface area contributed by atoms with Crippen molar-refractivity contribution in [2.45, 2.75) is 27.2 Å². The van der Waals surface area contributed by atoms with Gasteiger partial charge in [0.1, 0.15) is 5.75 Å². The molecule has 2 amide bonds. The fraction of sp³-hybridized carbons (Fsp3) is 0.500. The highest BCUT2D eigenvalue weighted by atomic mass is 16.5. The van der Waals surface area contributed by atoms with Crippen molar-refractivity contribution >= 4 is 17.6 Å². The number of anilines is 1. The fourth-order valence-corrected chi connectivity index (χ4v) is 3.78. The van der Waals surface area contributed by atoms with E-state index in [1.54, 1.807) is 12.0 Å². The first-order valence-electron chi connectivity index (χ1n) is 11.2. The highest BCUT2D eigenvalue weighted by Gasteiger charge is 2.25. The van der Waals surface area contributed by atoms with Gasteiger partial charge in [-0.2, -0.15) is 0 Å². The molecule has 1 aliphatic rings. The lowest BCUT2D eigenvalue weighted by molar-refractivity contribution is -0.141. The molecule has 0 atom stereocenters. The van der Waals surface area contributed by atoms with Crippen LogP contribution in [0.4, 0.5) is 5.82 Å². The van der Waals surface area contributed by atoms with Gasteiger partial charge < -0.3 is 19.4 Å². The van der Waals surface area contributed by atoms with E-state index in [0.29, 0.717) is 45.1 Å². The van der Waals surface area contributed by atoms with Crippen molar-refractivity contribution in [2.75, 3.05) is 51.3 Å². The van der Waals surface area contributed by atoms with Gasteiger partial charge in [0, 0.05) is 44.7 Å². The van der Waals surface area contributed by atoms with Crippen LogP contribution >= 0.6 is 0 Å². The van der Waals surface area contributed by atoms with E-state index in [4.69, 9.17) is 4.74 Å². The summed E-state index contributed by atoms with van der Waals surface area (Å²) < 4.78 is 5.19. The van der Waals surface area contributed by atoms with Crippen molar-refractivity contribution in [3.05, 3.63) is 36.4 Å². The molecule has 1 aromatic heterocycles. The van der Waals surface area contributed by atoms with E-state index in [1.807, 2.05) is 48.2 Å². The van der Waals surface area contributed by atoms with Crippen LogP contribution in [0.25, 0.3) is 11.3 Å². The van der Waals surface area contributed by atoms with Gasteiger partial charge in [-0.15, -0.1) is 10.2 Å². The largest absolute Gasteiger partial charge is 0.497 e. The lowest BCUT2D eigenvalue weighted by Crippen LogP contribution is -2.52. The lowest BCUT2D eigenvalue weighted by Gasteiger charge is -2.36. The summed E-state index contributed by atoms with van der Waals surface area (Å²) in [7, 11) is 1.64. The summed E-state index contributed by atoms with van der Waals surface area (Å²) in [6.07, 6.45) is 0.416. The molecule has 8 heteroatoms. The van der Waals surface area contributed by atoms with Gasteiger partial charge in [-0.3, -0.25) is 9.59 Å². The zero-order valence-electron chi connectivity index (χ0n) is 19.5. The van der Waals surface area contributed by atoms with Crippen LogP contribution in [0.3, 0.4) is 0 Å². The first kappa shape index (κ1) is 23.5. The fourth-order valence-electron chi connectivity index (χ4n) is 3.78. The zero-order valence-corrected chi connectivity index (χ0v) is 19.5. The molecule has 1 saturated heterocycles. The van der Waals surface area contributed by atoms with Crippen molar-refractivity contribution in [2.24, 2.45) is 5.92 Å². The Bertz CT molecular complexity index is 891. The second kappa shape index (κ2) is 10.9. The molecule has 0 N–H and O–H groups in total. The number of nitrogens with zero attached hydrogens (tertiary/aromatic N) is 5. The van der Waals surface area contributed by atoms with Crippen LogP contribution in [0.1, 0.15) is 27.2 Å². The summed E-state index contributed by atoms with van der Waals surface area (Å²) in [4.78, 5) is 30.6. The van der Waals surface area contributed by atoms with Crippen LogP contribution in [0.2, 0.25) is 0 Å². The second-order valence-corrected chi connectivity index (χ2v) is 8.39. The predicted octanol–water partition coefficient (Wildman–Crippen LogP) is 2.70. The number of benzene rings is 1. The molecule has 2 heterocycles. The molecule has 3 rings (SSSR count). The third kappa shape index (κ3) is 5.96. The maximum atomic E-state index is 12.8. The maximum absolute atomic E-state index is 12.8. The third-order valence-electron chi connectivity index (χ3n) is 5.56. The molecule has 0 bridgehead atoms. The minimum Gasteiger partial charge on any atom is -0.497 e. The maximum Gasteiger partial charge on any atom is 0.242 e. The van der Waals surface area contributed by atoms with Crippen molar-refractivity contribution < 1.29 is 14.3 Å². The van der Waals surface area contributed by atoms with E-state index in [0.717, 1.165) is 22.8 Å². The van der Waals surface area contributed by atoms with Crippen LogP contribution in [-0.4, -0.2) is 78.2 Å². The van der Waals surface area contributed by atoms with Gasteiger partial charge >= 0.3 is 0 Å². The Labute approximate surface area is 190 Å². The van der Waals surface area contributed by atoms with E-state index in [-0.39, 0.29) is 18.4 Å². The average molecular weight is 440 g/mol. The lowest BCUT2D eigenvalue weighted by atomic mass is 10.1. The summed E-state index contributed by atoms with van der Waals surface area (Å²) in [6.45, 7) is 9.30. The predicted molar refractivity (Wildman–Crippen MR) is 125 cm³/mol. The summed E-state index contributed by atoms with van der Waals surface area (Å²) in [5.74, 6) is 1.97. The van der Waals surface area contributed by atoms with E-state index in [9.17, 15) is 9.59 Å². The molecule has 1 aromatic carbocycles. The molecule has 172 valence electrons. The molecule has 0 unspecified atom stereocenters. The van der Waals surface area contributed by atoms with Gasteiger partial charge in [-0.05, 0) is 42.3 Å². The number of carbonyl (C=O) groups excluding carboxylic acids is 2. The van der Waals surface area contributed by atoms with Crippen LogP contribution in [-0.2, 0) is 9.59 Å². The van der Waals surface area contributed by atoms with Crippen LogP contribution in [0, 0.1) is 5.92 Å². The van der Waals surface area contributed by atoms with Gasteiger partial charge in [-0.1, -0.05) is 20.8 Å². The smallest absolute Gasteiger partial charge is 0.242 e. The Hall–Kier alpha value is -3.16. The van der Waals surface area contributed by atoms with E-state index in [1.165, 1.54) is 0 Å². The Morgan fingerprint density at radius 2 is 1.72 bits per heavy atom. The van der Waals surface area contributed by atoms with Gasteiger partial charge in [-0.25, -0.2) is 0 Å². The molecule has 0 radical (unpaired) electrons. The summed E-state index contributed by atoms with van der Waals surface area (Å²) in [6, 6.07) is 11.6. The van der Waals surface area contributed by atoms with Crippen LogP contribution in [0.15, 0.2) is 36.4 Å². The SMILES string of the molecule is CCC(=O)N(CC(=O)N1CCN(c2ccc(-c3ccc(OC)cc3)nn2)CC1)CC(C)C. The number of piperazine rings is 1. The molecule has 0 saturated carbocycles. The third-order valence-corrected chi connectivity index (χ3v) is 5.56. The van der Waals surface area contributed by atoms with Gasteiger partial charge in [0.05, 0.1) is 19.3 Å². The molecular formula is C24H33N5O3. The summed E-state index contributed by atoms with van der Waals surface area (Å²) in [5.41, 5.74) is 1.78. The first-order chi connectivity index (χ1) is 15.4. The molecule has 0 spiro atoms. The number of amides is 2. The van der Waals surface area contributed by atoms with Crippen molar-refractivity contribution in [3.63, 3.8) is 0 Å². The normalized spacial score (nSPS) is 13.9. The van der Waals surface area contributed by atoms with Gasteiger partial charge in [0.2, 0.25) is 11.8 Å². The number of hydrogen-bond donors (Lipinski definition) is 0. The van der Waals surface area contributed by atoms with Crippen molar-refractivity contribution in [1.82, 2.24) is 20.0 Å². The zero-order chi connectivity index (χ0) is 23.1. The molecule has 1 aliphatic heterocycles. The minimum absolute atomic E-state index is 0.00744. The highest BCUT2D eigenvalue weighted by Crippen LogP contribution is 2.22. The number of methoxy groups -OCH3 is 1. The number of hydrogen-bond acceptors (Lipinski definition) is 6. The number of rotatable bonds is 8. The topological polar surface area (TPSA) is 78.9 Å². The Balaban J connectivity index is 1.55. The van der Waals surface area contributed by atoms with E-state index < -0.39 is 0 Å². The quantitative estimate of drug-likeness (QED) is 0.629. The molecule has 1 fully saturated rings. The van der Waals surface area contributed by atoms with Gasteiger partial charge in [0.25, 0.3) is 0 Å².